The monoisotopic (exact) mass is 264 g/mol. The number of rotatable bonds is 4. The number of aryl methyl sites for hydroxylation is 2. The molecule has 0 unspecified atom stereocenters. The summed E-state index contributed by atoms with van der Waals surface area (Å²) in [5.41, 5.74) is 1.33. The molecule has 0 bridgehead atoms. The highest BCUT2D eigenvalue weighted by atomic mass is 19.1. The van der Waals surface area contributed by atoms with Crippen molar-refractivity contribution in [1.82, 2.24) is 0 Å². The van der Waals surface area contributed by atoms with Gasteiger partial charge in [-0.1, -0.05) is 0 Å². The predicted molar refractivity (Wildman–Crippen MR) is 65.9 cm³/mol. The molecule has 19 heavy (non-hydrogen) atoms. The van der Waals surface area contributed by atoms with Crippen LogP contribution < -0.4 is 4.74 Å². The topological polar surface area (TPSA) is 59.7 Å². The first-order chi connectivity index (χ1) is 8.97. The Hall–Kier alpha value is -2.30. The van der Waals surface area contributed by atoms with Gasteiger partial charge in [0.2, 0.25) is 5.76 Å². The molecule has 1 aromatic carbocycles. The largest absolute Gasteiger partial charge is 0.488 e. The Morgan fingerprint density at radius 2 is 2.11 bits per heavy atom. The first-order valence-corrected chi connectivity index (χ1v) is 5.69. The van der Waals surface area contributed by atoms with Crippen molar-refractivity contribution in [3.05, 3.63) is 52.7 Å². The van der Waals surface area contributed by atoms with Gasteiger partial charge in [0.1, 0.15) is 23.9 Å². The fraction of sp³-hybridized carbons (Fsp3) is 0.214. The van der Waals surface area contributed by atoms with E-state index in [1.165, 1.54) is 24.3 Å². The van der Waals surface area contributed by atoms with Crippen LogP contribution >= 0.6 is 0 Å². The third-order valence-corrected chi connectivity index (χ3v) is 2.75. The van der Waals surface area contributed by atoms with Gasteiger partial charge in [0.15, 0.2) is 0 Å². The summed E-state index contributed by atoms with van der Waals surface area (Å²) in [4.78, 5) is 10.8. The second-order valence-electron chi connectivity index (χ2n) is 4.20. The Kier molecular flexibility index (Phi) is 3.55. The van der Waals surface area contributed by atoms with Crippen molar-refractivity contribution in [1.29, 1.82) is 0 Å². The second-order valence-corrected chi connectivity index (χ2v) is 4.20. The maximum atomic E-state index is 12.9. The highest BCUT2D eigenvalue weighted by Gasteiger charge is 2.13. The van der Waals surface area contributed by atoms with Gasteiger partial charge in [-0.15, -0.1) is 0 Å². The molecule has 0 spiro atoms. The molecular weight excluding hydrogens is 251 g/mol. The average molecular weight is 264 g/mol. The molecule has 2 rings (SSSR count). The first kappa shape index (κ1) is 13.1. The number of furan rings is 1. The Labute approximate surface area is 109 Å². The molecular formula is C14H13FO4. The van der Waals surface area contributed by atoms with Crippen LogP contribution in [-0.2, 0) is 6.61 Å². The number of halogens is 1. The summed E-state index contributed by atoms with van der Waals surface area (Å²) in [5.74, 6) is -0.507. The Morgan fingerprint density at radius 3 is 2.68 bits per heavy atom. The van der Waals surface area contributed by atoms with Crippen LogP contribution in [0.2, 0.25) is 0 Å². The van der Waals surface area contributed by atoms with Gasteiger partial charge in [-0.05, 0) is 43.7 Å². The van der Waals surface area contributed by atoms with Crippen LogP contribution in [0.5, 0.6) is 5.75 Å². The van der Waals surface area contributed by atoms with Gasteiger partial charge >= 0.3 is 5.97 Å². The zero-order chi connectivity index (χ0) is 14.0. The summed E-state index contributed by atoms with van der Waals surface area (Å²) in [6.07, 6.45) is 0. The number of hydrogen-bond donors (Lipinski definition) is 1. The first-order valence-electron chi connectivity index (χ1n) is 5.69. The van der Waals surface area contributed by atoms with Crippen LogP contribution in [0.4, 0.5) is 4.39 Å². The number of hydrogen-bond acceptors (Lipinski definition) is 3. The summed E-state index contributed by atoms with van der Waals surface area (Å²) < 4.78 is 23.5. The molecule has 4 nitrogen and oxygen atoms in total. The van der Waals surface area contributed by atoms with E-state index in [1.807, 2.05) is 0 Å². The fourth-order valence-corrected chi connectivity index (χ4v) is 1.70. The van der Waals surface area contributed by atoms with Crippen molar-refractivity contribution in [3.8, 4) is 5.75 Å². The molecule has 1 heterocycles. The standard InChI is InChI=1S/C14H13FO4/c1-8-5-11(15)3-4-12(8)18-7-10-6-13(14(16)17)19-9(10)2/h3-6H,7H2,1-2H3,(H,16,17). The molecule has 0 aliphatic carbocycles. The molecule has 2 aromatic rings. The minimum Gasteiger partial charge on any atom is -0.488 e. The third kappa shape index (κ3) is 2.93. The number of aromatic carboxylic acids is 1. The van der Waals surface area contributed by atoms with Crippen molar-refractivity contribution in [2.75, 3.05) is 0 Å². The Bertz CT molecular complexity index is 616. The van der Waals surface area contributed by atoms with Gasteiger partial charge in [-0.3, -0.25) is 0 Å². The number of carboxylic acid groups (broad SMARTS) is 1. The molecule has 5 heteroatoms. The SMILES string of the molecule is Cc1cc(F)ccc1OCc1cc(C(=O)O)oc1C. The van der Waals surface area contributed by atoms with Crippen molar-refractivity contribution >= 4 is 5.97 Å². The van der Waals surface area contributed by atoms with Gasteiger partial charge in [-0.25, -0.2) is 9.18 Å². The fourth-order valence-electron chi connectivity index (χ4n) is 1.70. The minimum absolute atomic E-state index is 0.119. The van der Waals surface area contributed by atoms with Crippen molar-refractivity contribution in [2.24, 2.45) is 0 Å². The predicted octanol–water partition coefficient (Wildman–Crippen LogP) is 3.31. The molecule has 0 amide bonds. The molecule has 1 aromatic heterocycles. The minimum atomic E-state index is -1.12. The van der Waals surface area contributed by atoms with Crippen LogP contribution in [0.3, 0.4) is 0 Å². The molecule has 0 atom stereocenters. The van der Waals surface area contributed by atoms with Crippen molar-refractivity contribution in [3.63, 3.8) is 0 Å². The molecule has 0 radical (unpaired) electrons. The lowest BCUT2D eigenvalue weighted by Gasteiger charge is -2.08. The zero-order valence-electron chi connectivity index (χ0n) is 10.6. The van der Waals surface area contributed by atoms with Gasteiger partial charge < -0.3 is 14.3 Å². The summed E-state index contributed by atoms with van der Waals surface area (Å²) in [5, 5.41) is 8.81. The highest BCUT2D eigenvalue weighted by Crippen LogP contribution is 2.22. The van der Waals surface area contributed by atoms with E-state index >= 15 is 0 Å². The quantitative estimate of drug-likeness (QED) is 0.920. The molecule has 0 fully saturated rings. The van der Waals surface area contributed by atoms with Crippen LogP contribution in [0.25, 0.3) is 0 Å². The van der Waals surface area contributed by atoms with E-state index in [4.69, 9.17) is 14.3 Å². The highest BCUT2D eigenvalue weighted by molar-refractivity contribution is 5.84. The number of carboxylic acids is 1. The maximum absolute atomic E-state index is 12.9. The van der Waals surface area contributed by atoms with E-state index in [1.54, 1.807) is 13.8 Å². The van der Waals surface area contributed by atoms with Crippen LogP contribution in [0, 0.1) is 19.7 Å². The van der Waals surface area contributed by atoms with E-state index < -0.39 is 5.97 Å². The number of benzene rings is 1. The average Bonchev–Trinajstić information content (AvgIpc) is 2.70. The molecule has 0 aliphatic rings. The number of carbonyl (C=O) groups is 1. The Morgan fingerprint density at radius 1 is 1.37 bits per heavy atom. The van der Waals surface area contributed by atoms with Crippen molar-refractivity contribution < 1.29 is 23.4 Å². The van der Waals surface area contributed by atoms with Gasteiger partial charge in [0.25, 0.3) is 0 Å². The summed E-state index contributed by atoms with van der Waals surface area (Å²) in [6.45, 7) is 3.58. The summed E-state index contributed by atoms with van der Waals surface area (Å²) >= 11 is 0. The summed E-state index contributed by atoms with van der Waals surface area (Å²) in [6, 6.07) is 5.65. The molecule has 0 saturated heterocycles. The normalized spacial score (nSPS) is 10.5. The third-order valence-electron chi connectivity index (χ3n) is 2.75. The van der Waals surface area contributed by atoms with Crippen LogP contribution in [0.15, 0.2) is 28.7 Å². The molecule has 1 N–H and O–H groups in total. The van der Waals surface area contributed by atoms with E-state index in [0.29, 0.717) is 22.6 Å². The van der Waals surface area contributed by atoms with Gasteiger partial charge in [0.05, 0.1) is 0 Å². The van der Waals surface area contributed by atoms with Crippen LogP contribution in [0.1, 0.15) is 27.4 Å². The van der Waals surface area contributed by atoms with Gasteiger partial charge in [0, 0.05) is 5.56 Å². The lowest BCUT2D eigenvalue weighted by atomic mass is 10.2. The van der Waals surface area contributed by atoms with E-state index in [-0.39, 0.29) is 18.2 Å². The van der Waals surface area contributed by atoms with E-state index in [0.717, 1.165) is 0 Å². The van der Waals surface area contributed by atoms with E-state index in [2.05, 4.69) is 0 Å². The Balaban J connectivity index is 2.12. The lowest BCUT2D eigenvalue weighted by molar-refractivity contribution is 0.0661. The smallest absolute Gasteiger partial charge is 0.371 e. The van der Waals surface area contributed by atoms with Crippen LogP contribution in [-0.4, -0.2) is 11.1 Å². The molecule has 0 aliphatic heterocycles. The zero-order valence-corrected chi connectivity index (χ0v) is 10.6. The summed E-state index contributed by atoms with van der Waals surface area (Å²) in [7, 11) is 0. The number of ether oxygens (including phenoxy) is 1. The van der Waals surface area contributed by atoms with E-state index in [9.17, 15) is 9.18 Å². The second kappa shape index (κ2) is 5.14. The maximum Gasteiger partial charge on any atom is 0.371 e. The molecule has 0 saturated carbocycles. The lowest BCUT2D eigenvalue weighted by Crippen LogP contribution is -1.98. The molecule has 100 valence electrons. The van der Waals surface area contributed by atoms with Gasteiger partial charge in [-0.2, -0.15) is 0 Å². The van der Waals surface area contributed by atoms with Crippen molar-refractivity contribution in [2.45, 2.75) is 20.5 Å².